The summed E-state index contributed by atoms with van der Waals surface area (Å²) in [5, 5.41) is 14.1. The quantitative estimate of drug-likeness (QED) is 0.362. The van der Waals surface area contributed by atoms with Crippen LogP contribution in [0.2, 0.25) is 0 Å². The van der Waals surface area contributed by atoms with Gasteiger partial charge in [-0.15, -0.1) is 0 Å². The van der Waals surface area contributed by atoms with E-state index in [4.69, 9.17) is 0 Å². The molecule has 1 aromatic carbocycles. The van der Waals surface area contributed by atoms with Gasteiger partial charge in [-0.2, -0.15) is 0 Å². The molecule has 0 saturated carbocycles. The molecule has 1 aromatic rings. The fourth-order valence-electron chi connectivity index (χ4n) is 2.23. The Morgan fingerprint density at radius 2 is 1.90 bits per heavy atom. The average molecular weight is 357 g/mol. The molecule has 1 N–H and O–H groups in total. The van der Waals surface area contributed by atoms with Crippen molar-refractivity contribution in [2.75, 3.05) is 6.54 Å². The zero-order valence-corrected chi connectivity index (χ0v) is 14.5. The first-order valence-electron chi connectivity index (χ1n) is 7.63. The highest BCUT2D eigenvalue weighted by molar-refractivity contribution is 9.10. The number of halogens is 1. The fourth-order valence-corrected chi connectivity index (χ4v) is 2.76. The van der Waals surface area contributed by atoms with Crippen LogP contribution < -0.4 is 5.32 Å². The Hall–Kier alpha value is -0.940. The highest BCUT2D eigenvalue weighted by Crippen LogP contribution is 2.21. The maximum atomic E-state index is 10.8. The largest absolute Gasteiger partial charge is 0.313 e. The van der Waals surface area contributed by atoms with E-state index in [0.717, 1.165) is 28.9 Å². The summed E-state index contributed by atoms with van der Waals surface area (Å²) in [7, 11) is 0. The summed E-state index contributed by atoms with van der Waals surface area (Å²) >= 11 is 3.31. The lowest BCUT2D eigenvalue weighted by atomic mass is 10.0. The Morgan fingerprint density at radius 1 is 1.19 bits per heavy atom. The summed E-state index contributed by atoms with van der Waals surface area (Å²) in [5.41, 5.74) is 1.07. The van der Waals surface area contributed by atoms with Gasteiger partial charge in [0, 0.05) is 23.2 Å². The van der Waals surface area contributed by atoms with E-state index in [2.05, 4.69) is 35.1 Å². The molecule has 0 fully saturated rings. The number of rotatable bonds is 10. The lowest BCUT2D eigenvalue weighted by Crippen LogP contribution is -2.14. The summed E-state index contributed by atoms with van der Waals surface area (Å²) in [6, 6.07) is 5.07. The van der Waals surface area contributed by atoms with Gasteiger partial charge >= 0.3 is 0 Å². The summed E-state index contributed by atoms with van der Waals surface area (Å²) in [6.45, 7) is 6.16. The molecule has 0 aliphatic heterocycles. The van der Waals surface area contributed by atoms with Crippen LogP contribution in [0.1, 0.15) is 51.5 Å². The SMILES string of the molecule is CC(C)CCCCCCNCc1cc(Br)cc([N+](=O)[O-])c1. The van der Waals surface area contributed by atoms with Crippen molar-refractivity contribution in [1.29, 1.82) is 0 Å². The number of non-ortho nitro benzene ring substituents is 1. The van der Waals surface area contributed by atoms with E-state index in [1.54, 1.807) is 6.07 Å². The van der Waals surface area contributed by atoms with Crippen molar-refractivity contribution in [3.63, 3.8) is 0 Å². The van der Waals surface area contributed by atoms with Gasteiger partial charge < -0.3 is 5.32 Å². The van der Waals surface area contributed by atoms with Gasteiger partial charge in [-0.05, 0) is 30.5 Å². The van der Waals surface area contributed by atoms with Gasteiger partial charge in [0.15, 0.2) is 0 Å². The highest BCUT2D eigenvalue weighted by atomic mass is 79.9. The first-order chi connectivity index (χ1) is 9.99. The first kappa shape index (κ1) is 18.1. The highest BCUT2D eigenvalue weighted by Gasteiger charge is 2.08. The van der Waals surface area contributed by atoms with E-state index < -0.39 is 0 Å². The molecule has 0 bridgehead atoms. The third-order valence-corrected chi connectivity index (χ3v) is 3.83. The predicted octanol–water partition coefficient (Wildman–Crippen LogP) is 5.05. The minimum Gasteiger partial charge on any atom is -0.313 e. The van der Waals surface area contributed by atoms with Gasteiger partial charge in [0.25, 0.3) is 5.69 Å². The van der Waals surface area contributed by atoms with E-state index in [9.17, 15) is 10.1 Å². The first-order valence-corrected chi connectivity index (χ1v) is 8.43. The smallest absolute Gasteiger partial charge is 0.270 e. The molecule has 0 saturated heterocycles. The monoisotopic (exact) mass is 356 g/mol. The average Bonchev–Trinajstić information content (AvgIpc) is 2.40. The molecule has 0 radical (unpaired) electrons. The molecular weight excluding hydrogens is 332 g/mol. The molecular formula is C16H25BrN2O2. The number of nitro benzene ring substituents is 1. The van der Waals surface area contributed by atoms with Crippen molar-refractivity contribution in [2.45, 2.75) is 52.5 Å². The van der Waals surface area contributed by atoms with Crippen molar-refractivity contribution in [2.24, 2.45) is 5.92 Å². The van der Waals surface area contributed by atoms with Crippen LogP contribution in [0.15, 0.2) is 22.7 Å². The van der Waals surface area contributed by atoms with Crippen molar-refractivity contribution in [3.05, 3.63) is 38.3 Å². The minimum atomic E-state index is -0.358. The number of hydrogen-bond donors (Lipinski definition) is 1. The van der Waals surface area contributed by atoms with E-state index in [1.165, 1.54) is 31.7 Å². The minimum absolute atomic E-state index is 0.134. The molecule has 0 amide bonds. The molecule has 21 heavy (non-hydrogen) atoms. The van der Waals surface area contributed by atoms with Crippen molar-refractivity contribution < 1.29 is 4.92 Å². The van der Waals surface area contributed by atoms with Gasteiger partial charge in [-0.3, -0.25) is 10.1 Å². The van der Waals surface area contributed by atoms with Gasteiger partial charge in [-0.1, -0.05) is 55.5 Å². The Kier molecular flexibility index (Phi) is 8.54. The molecule has 5 heteroatoms. The number of nitro groups is 1. The molecule has 1 rings (SSSR count). The van der Waals surface area contributed by atoms with Gasteiger partial charge in [-0.25, -0.2) is 0 Å². The molecule has 0 spiro atoms. The fraction of sp³-hybridized carbons (Fsp3) is 0.625. The number of nitrogens with one attached hydrogen (secondary N) is 1. The zero-order valence-electron chi connectivity index (χ0n) is 12.9. The second-order valence-electron chi connectivity index (χ2n) is 5.85. The van der Waals surface area contributed by atoms with Gasteiger partial charge in [0.2, 0.25) is 0 Å². The van der Waals surface area contributed by atoms with Crippen molar-refractivity contribution in [1.82, 2.24) is 5.32 Å². The standard InChI is InChI=1S/C16H25BrN2O2/c1-13(2)7-5-3-4-6-8-18-12-14-9-15(17)11-16(10-14)19(20)21/h9-11,13,18H,3-8,12H2,1-2H3. The molecule has 4 nitrogen and oxygen atoms in total. The molecule has 0 aromatic heterocycles. The Morgan fingerprint density at radius 3 is 2.57 bits per heavy atom. The second kappa shape index (κ2) is 9.90. The summed E-state index contributed by atoms with van der Waals surface area (Å²) in [6.07, 6.45) is 6.33. The number of nitrogens with zero attached hydrogens (tertiary/aromatic N) is 1. The summed E-state index contributed by atoms with van der Waals surface area (Å²) in [5.74, 6) is 0.801. The van der Waals surface area contributed by atoms with Crippen molar-refractivity contribution >= 4 is 21.6 Å². The number of unbranched alkanes of at least 4 members (excludes halogenated alkanes) is 3. The molecule has 118 valence electrons. The molecule has 0 aliphatic carbocycles. The second-order valence-corrected chi connectivity index (χ2v) is 6.76. The third kappa shape index (κ3) is 8.17. The predicted molar refractivity (Wildman–Crippen MR) is 90.4 cm³/mol. The summed E-state index contributed by atoms with van der Waals surface area (Å²) in [4.78, 5) is 10.4. The van der Waals surface area contributed by atoms with Crippen LogP contribution in [0.4, 0.5) is 5.69 Å². The van der Waals surface area contributed by atoms with E-state index in [-0.39, 0.29) is 10.6 Å². The normalized spacial score (nSPS) is 11.0. The van der Waals surface area contributed by atoms with Crippen LogP contribution in [-0.4, -0.2) is 11.5 Å². The van der Waals surface area contributed by atoms with Crippen LogP contribution in [-0.2, 0) is 6.54 Å². The van der Waals surface area contributed by atoms with Crippen LogP contribution in [0.3, 0.4) is 0 Å². The molecule has 0 aliphatic rings. The van der Waals surface area contributed by atoms with Crippen LogP contribution in [0.5, 0.6) is 0 Å². The number of hydrogen-bond acceptors (Lipinski definition) is 3. The van der Waals surface area contributed by atoms with Gasteiger partial charge in [0.05, 0.1) is 4.92 Å². The summed E-state index contributed by atoms with van der Waals surface area (Å²) < 4.78 is 0.752. The van der Waals surface area contributed by atoms with Crippen LogP contribution >= 0.6 is 15.9 Å². The zero-order chi connectivity index (χ0) is 15.7. The Bertz CT molecular complexity index is 450. The lowest BCUT2D eigenvalue weighted by molar-refractivity contribution is -0.385. The van der Waals surface area contributed by atoms with E-state index >= 15 is 0 Å². The van der Waals surface area contributed by atoms with Crippen molar-refractivity contribution in [3.8, 4) is 0 Å². The third-order valence-electron chi connectivity index (χ3n) is 3.37. The Balaban J connectivity index is 2.19. The molecule has 0 unspecified atom stereocenters. The van der Waals surface area contributed by atoms with Gasteiger partial charge in [0.1, 0.15) is 0 Å². The van der Waals surface area contributed by atoms with E-state index in [0.29, 0.717) is 6.54 Å². The van der Waals surface area contributed by atoms with Crippen LogP contribution in [0.25, 0.3) is 0 Å². The number of benzene rings is 1. The molecule has 0 atom stereocenters. The van der Waals surface area contributed by atoms with E-state index in [1.807, 2.05) is 6.07 Å². The van der Waals surface area contributed by atoms with Crippen LogP contribution in [0, 0.1) is 16.0 Å². The molecule has 0 heterocycles. The lowest BCUT2D eigenvalue weighted by Gasteiger charge is -2.07. The Labute approximate surface area is 135 Å². The topological polar surface area (TPSA) is 55.2 Å². The maximum Gasteiger partial charge on any atom is 0.270 e. The maximum absolute atomic E-state index is 10.8.